The van der Waals surface area contributed by atoms with Crippen LogP contribution in [0.4, 0.5) is 0 Å². The largest absolute Gasteiger partial charge is 0.491 e. The number of aromatic nitrogens is 2. The number of nitrogens with one attached hydrogen (secondary N) is 1. The minimum Gasteiger partial charge on any atom is -0.491 e. The van der Waals surface area contributed by atoms with Gasteiger partial charge in [0.1, 0.15) is 15.8 Å². The van der Waals surface area contributed by atoms with Gasteiger partial charge in [-0.15, -0.1) is 10.2 Å². The lowest BCUT2D eigenvalue weighted by molar-refractivity contribution is 0.242. The molecule has 20 heavy (non-hydrogen) atoms. The number of hydrogen-bond donors (Lipinski definition) is 1. The molecule has 0 spiro atoms. The molecule has 0 amide bonds. The summed E-state index contributed by atoms with van der Waals surface area (Å²) in [5.41, 5.74) is 1.07. The van der Waals surface area contributed by atoms with Crippen molar-refractivity contribution in [3.05, 3.63) is 29.3 Å². The third-order valence-corrected chi connectivity index (χ3v) is 3.72. The van der Waals surface area contributed by atoms with Gasteiger partial charge in [0.25, 0.3) is 0 Å². The molecule has 2 aromatic rings. The molecule has 1 N–H and O–H groups in total. The van der Waals surface area contributed by atoms with E-state index in [2.05, 4.69) is 22.4 Å². The summed E-state index contributed by atoms with van der Waals surface area (Å²) in [6.07, 6.45) is 1.10. The van der Waals surface area contributed by atoms with Crippen LogP contribution in [0.2, 0.25) is 0 Å². The fourth-order valence-electron chi connectivity index (χ4n) is 1.82. The predicted octanol–water partition coefficient (Wildman–Crippen LogP) is 3.14. The van der Waals surface area contributed by atoms with E-state index in [9.17, 15) is 0 Å². The maximum absolute atomic E-state index is 5.71. The van der Waals surface area contributed by atoms with Crippen molar-refractivity contribution >= 4 is 11.3 Å². The van der Waals surface area contributed by atoms with Crippen LogP contribution in [0.5, 0.6) is 5.75 Å². The van der Waals surface area contributed by atoms with Crippen molar-refractivity contribution < 1.29 is 4.74 Å². The summed E-state index contributed by atoms with van der Waals surface area (Å²) in [7, 11) is 0. The average molecular weight is 291 g/mol. The Balaban J connectivity index is 2.07. The molecule has 2 rings (SSSR count). The van der Waals surface area contributed by atoms with Crippen LogP contribution in [0.15, 0.2) is 24.3 Å². The van der Waals surface area contributed by atoms with Gasteiger partial charge in [-0.05, 0) is 32.5 Å². The molecule has 108 valence electrons. The zero-order valence-electron chi connectivity index (χ0n) is 12.2. The predicted molar refractivity (Wildman–Crippen MR) is 83.4 cm³/mol. The van der Waals surface area contributed by atoms with Crippen LogP contribution < -0.4 is 10.1 Å². The van der Waals surface area contributed by atoms with Crippen LogP contribution in [0.25, 0.3) is 10.6 Å². The van der Waals surface area contributed by atoms with E-state index in [4.69, 9.17) is 4.74 Å². The number of likely N-dealkylation sites (N-methyl/N-ethyl adjacent to an activating group) is 1. The Morgan fingerprint density at radius 2 is 2.15 bits per heavy atom. The molecule has 0 aliphatic rings. The van der Waals surface area contributed by atoms with Crippen LogP contribution in [0, 0.1) is 0 Å². The van der Waals surface area contributed by atoms with E-state index in [1.165, 1.54) is 0 Å². The molecule has 0 aliphatic carbocycles. The summed E-state index contributed by atoms with van der Waals surface area (Å²) in [5, 5.41) is 13.8. The van der Waals surface area contributed by atoms with Gasteiger partial charge < -0.3 is 10.1 Å². The minimum atomic E-state index is 0.176. The van der Waals surface area contributed by atoms with E-state index in [-0.39, 0.29) is 6.10 Å². The second kappa shape index (κ2) is 7.36. The van der Waals surface area contributed by atoms with Gasteiger partial charge >= 0.3 is 0 Å². The van der Waals surface area contributed by atoms with Crippen LogP contribution in [0.1, 0.15) is 25.8 Å². The molecule has 4 nitrogen and oxygen atoms in total. The highest BCUT2D eigenvalue weighted by molar-refractivity contribution is 7.14. The topological polar surface area (TPSA) is 47.0 Å². The smallest absolute Gasteiger partial charge is 0.147 e. The highest BCUT2D eigenvalue weighted by atomic mass is 32.1. The van der Waals surface area contributed by atoms with Crippen LogP contribution in [0.3, 0.4) is 0 Å². The third-order valence-electron chi connectivity index (χ3n) is 2.69. The molecule has 0 saturated carbocycles. The molecule has 5 heteroatoms. The van der Waals surface area contributed by atoms with Crippen molar-refractivity contribution in [3.63, 3.8) is 0 Å². The van der Waals surface area contributed by atoms with Crippen LogP contribution in [-0.2, 0) is 6.42 Å². The van der Waals surface area contributed by atoms with E-state index < -0.39 is 0 Å². The van der Waals surface area contributed by atoms with Gasteiger partial charge in [-0.1, -0.05) is 30.4 Å². The molecule has 1 aromatic carbocycles. The first kappa shape index (κ1) is 14.9. The van der Waals surface area contributed by atoms with Crippen molar-refractivity contribution in [2.24, 2.45) is 0 Å². The first-order valence-corrected chi connectivity index (χ1v) is 7.81. The zero-order chi connectivity index (χ0) is 14.4. The lowest BCUT2D eigenvalue weighted by atomic mass is 10.2. The number of benzene rings is 1. The molecule has 0 atom stereocenters. The van der Waals surface area contributed by atoms with Gasteiger partial charge in [0.05, 0.1) is 6.10 Å². The number of ether oxygens (including phenoxy) is 1. The number of hydrogen-bond acceptors (Lipinski definition) is 5. The molecule has 1 aromatic heterocycles. The summed E-state index contributed by atoms with van der Waals surface area (Å²) in [5.74, 6) is 0.877. The average Bonchev–Trinajstić information content (AvgIpc) is 2.87. The standard InChI is InChI=1S/C15H21N3OS/c1-4-16-9-8-14-17-18-15(20-14)12-6-5-7-13(10-12)19-11(2)3/h5-7,10-11,16H,4,8-9H2,1-3H3. The Bertz CT molecular complexity index is 539. The minimum absolute atomic E-state index is 0.176. The Kier molecular flexibility index (Phi) is 5.49. The summed E-state index contributed by atoms with van der Waals surface area (Å²) in [6.45, 7) is 8.08. The monoisotopic (exact) mass is 291 g/mol. The molecule has 1 heterocycles. The first-order chi connectivity index (χ1) is 9.69. The highest BCUT2D eigenvalue weighted by Crippen LogP contribution is 2.27. The van der Waals surface area contributed by atoms with Crippen molar-refractivity contribution in [3.8, 4) is 16.3 Å². The second-order valence-electron chi connectivity index (χ2n) is 4.80. The molecule has 0 radical (unpaired) electrons. The fraction of sp³-hybridized carbons (Fsp3) is 0.467. The SMILES string of the molecule is CCNCCc1nnc(-c2cccc(OC(C)C)c2)s1. The van der Waals surface area contributed by atoms with Crippen molar-refractivity contribution in [2.75, 3.05) is 13.1 Å². The summed E-state index contributed by atoms with van der Waals surface area (Å²) >= 11 is 1.65. The van der Waals surface area contributed by atoms with Crippen LogP contribution in [-0.4, -0.2) is 29.4 Å². The lowest BCUT2D eigenvalue weighted by Gasteiger charge is -2.09. The molecule has 0 fully saturated rings. The van der Waals surface area contributed by atoms with Gasteiger partial charge in [0.2, 0.25) is 0 Å². The van der Waals surface area contributed by atoms with E-state index in [0.29, 0.717) is 0 Å². The van der Waals surface area contributed by atoms with Gasteiger partial charge in [0.15, 0.2) is 0 Å². The Hall–Kier alpha value is -1.46. The summed E-state index contributed by atoms with van der Waals surface area (Å²) in [6, 6.07) is 8.03. The Morgan fingerprint density at radius 1 is 1.30 bits per heavy atom. The summed E-state index contributed by atoms with van der Waals surface area (Å²) < 4.78 is 5.71. The molecular weight excluding hydrogens is 270 g/mol. The third kappa shape index (κ3) is 4.28. The van der Waals surface area contributed by atoms with Gasteiger partial charge in [0, 0.05) is 18.5 Å². The fourth-order valence-corrected chi connectivity index (χ4v) is 2.65. The lowest BCUT2D eigenvalue weighted by Crippen LogP contribution is -2.15. The van der Waals surface area contributed by atoms with Crippen molar-refractivity contribution in [2.45, 2.75) is 33.3 Å². The van der Waals surface area contributed by atoms with E-state index in [1.54, 1.807) is 11.3 Å². The molecule has 0 bridgehead atoms. The van der Waals surface area contributed by atoms with E-state index >= 15 is 0 Å². The zero-order valence-corrected chi connectivity index (χ0v) is 13.0. The Labute approximate surface area is 124 Å². The normalized spacial score (nSPS) is 11.0. The quantitative estimate of drug-likeness (QED) is 0.796. The number of rotatable bonds is 7. The maximum atomic E-state index is 5.71. The first-order valence-electron chi connectivity index (χ1n) is 6.99. The molecular formula is C15H21N3OS. The summed E-state index contributed by atoms with van der Waals surface area (Å²) in [4.78, 5) is 0. The van der Waals surface area contributed by atoms with E-state index in [0.717, 1.165) is 40.8 Å². The van der Waals surface area contributed by atoms with E-state index in [1.807, 2.05) is 38.1 Å². The van der Waals surface area contributed by atoms with Gasteiger partial charge in [-0.25, -0.2) is 0 Å². The molecule has 0 unspecified atom stereocenters. The van der Waals surface area contributed by atoms with Crippen molar-refractivity contribution in [1.29, 1.82) is 0 Å². The molecule has 0 aliphatic heterocycles. The Morgan fingerprint density at radius 3 is 2.90 bits per heavy atom. The maximum Gasteiger partial charge on any atom is 0.147 e. The van der Waals surface area contributed by atoms with Crippen molar-refractivity contribution in [1.82, 2.24) is 15.5 Å². The second-order valence-corrected chi connectivity index (χ2v) is 5.86. The van der Waals surface area contributed by atoms with Gasteiger partial charge in [-0.2, -0.15) is 0 Å². The number of nitrogens with zero attached hydrogens (tertiary/aromatic N) is 2. The van der Waals surface area contributed by atoms with Gasteiger partial charge in [-0.3, -0.25) is 0 Å². The van der Waals surface area contributed by atoms with Crippen LogP contribution >= 0.6 is 11.3 Å². The highest BCUT2D eigenvalue weighted by Gasteiger charge is 2.08. The molecule has 0 saturated heterocycles.